The van der Waals surface area contributed by atoms with E-state index in [0.29, 0.717) is 55.6 Å². The van der Waals surface area contributed by atoms with Crippen molar-refractivity contribution in [3.05, 3.63) is 235 Å². The standard InChI is InChI=1S/C126H162N8/c1-9-17-25-33-41-49-93-131(94-50-42-34-26-18-10-2)117-79-65-109(66-80-117)75-89-123-121(87-73-107-57-61-113(62-58-107)101-115(103-127)104-128)124(90-76-110-67-81-118(82-68-110)132(95-51-43-35-27-19-11-3)96-52-44-36-28-20-12-4)126(92-78-112-71-85-120(86-72-112)134(99-55-47-39-31-23-15-7)100-56-48-40-32-24-16-8)125(122(123)88-74-108-59-63-114(64-60-108)102-116(105-129)106-130)91-77-111-69-83-119(84-70-111)133(97-53-45-37-29-21-13-5)98-54-46-38-30-22-14-6/h57-72,79-86,101-102H,9-56,93-100H2,1-8H3. The van der Waals surface area contributed by atoms with Gasteiger partial charge in [-0.25, -0.2) is 0 Å². The Morgan fingerprint density at radius 1 is 0.179 bits per heavy atom. The minimum absolute atomic E-state index is 0.00780. The van der Waals surface area contributed by atoms with Gasteiger partial charge in [0.2, 0.25) is 0 Å². The number of unbranched alkanes of at least 4 members (excludes halogenated alkanes) is 40. The second kappa shape index (κ2) is 70.3. The van der Waals surface area contributed by atoms with Crippen LogP contribution in [0.5, 0.6) is 0 Å². The predicted octanol–water partition coefficient (Wildman–Crippen LogP) is 33.1. The van der Waals surface area contributed by atoms with Gasteiger partial charge in [-0.1, -0.05) is 408 Å². The first-order valence-corrected chi connectivity index (χ1v) is 53.1. The summed E-state index contributed by atoms with van der Waals surface area (Å²) in [6, 6.07) is 58.9. The van der Waals surface area contributed by atoms with Crippen LogP contribution in [0.3, 0.4) is 0 Å². The highest BCUT2D eigenvalue weighted by Gasteiger charge is 2.22. The van der Waals surface area contributed by atoms with Gasteiger partial charge >= 0.3 is 0 Å². The van der Waals surface area contributed by atoms with E-state index in [-0.39, 0.29) is 11.1 Å². The van der Waals surface area contributed by atoms with E-state index in [1.54, 1.807) is 12.2 Å². The third-order valence-corrected chi connectivity index (χ3v) is 25.6. The smallest absolute Gasteiger partial charge is 0.130 e. The third-order valence-electron chi connectivity index (χ3n) is 25.6. The Labute approximate surface area is 816 Å². The van der Waals surface area contributed by atoms with Crippen LogP contribution in [0.15, 0.2) is 157 Å². The summed E-state index contributed by atoms with van der Waals surface area (Å²) < 4.78 is 0. The van der Waals surface area contributed by atoms with Crippen molar-refractivity contribution in [3.8, 4) is 95.3 Å². The van der Waals surface area contributed by atoms with Crippen molar-refractivity contribution in [1.29, 1.82) is 21.0 Å². The molecule has 7 rings (SSSR count). The molecule has 0 aromatic heterocycles. The van der Waals surface area contributed by atoms with Crippen LogP contribution >= 0.6 is 0 Å². The molecule has 0 amide bonds. The Kier molecular flexibility index (Phi) is 57.4. The summed E-state index contributed by atoms with van der Waals surface area (Å²) in [4.78, 5) is 10.4. The van der Waals surface area contributed by atoms with Crippen molar-refractivity contribution in [2.24, 2.45) is 0 Å². The maximum atomic E-state index is 9.87. The largest absolute Gasteiger partial charge is 0.372 e. The summed E-state index contributed by atoms with van der Waals surface area (Å²) >= 11 is 0. The van der Waals surface area contributed by atoms with Crippen molar-refractivity contribution in [3.63, 3.8) is 0 Å². The van der Waals surface area contributed by atoms with Gasteiger partial charge in [0.15, 0.2) is 0 Å². The Morgan fingerprint density at radius 2 is 0.313 bits per heavy atom. The highest BCUT2D eigenvalue weighted by atomic mass is 15.1. The van der Waals surface area contributed by atoms with Gasteiger partial charge in [-0.05, 0) is 196 Å². The van der Waals surface area contributed by atoms with E-state index in [2.05, 4.69) is 243 Å². The highest BCUT2D eigenvalue weighted by molar-refractivity contribution is 5.79. The number of rotatable bonds is 62. The van der Waals surface area contributed by atoms with Crippen molar-refractivity contribution in [2.75, 3.05) is 72.0 Å². The Balaban J connectivity index is 1.62. The van der Waals surface area contributed by atoms with E-state index in [1.807, 2.05) is 72.8 Å². The lowest BCUT2D eigenvalue weighted by Gasteiger charge is -2.25. The van der Waals surface area contributed by atoms with Gasteiger partial charge in [0, 0.05) is 108 Å². The molecule has 134 heavy (non-hydrogen) atoms. The quantitative estimate of drug-likeness (QED) is 0.0211. The molecule has 8 nitrogen and oxygen atoms in total. The summed E-state index contributed by atoms with van der Waals surface area (Å²) in [6.07, 6.45) is 62.7. The number of anilines is 4. The van der Waals surface area contributed by atoms with Crippen molar-refractivity contribution >= 4 is 34.9 Å². The van der Waals surface area contributed by atoms with Crippen molar-refractivity contribution < 1.29 is 0 Å². The molecule has 0 N–H and O–H groups in total. The first kappa shape index (κ1) is 110. The second-order valence-electron chi connectivity index (χ2n) is 36.8. The van der Waals surface area contributed by atoms with Crippen LogP contribution < -0.4 is 19.6 Å². The summed E-state index contributed by atoms with van der Waals surface area (Å²) in [5.41, 5.74) is 14.3. The molecule has 0 heterocycles. The Hall–Kier alpha value is -11.5. The van der Waals surface area contributed by atoms with E-state index in [0.717, 1.165) is 126 Å². The lowest BCUT2D eigenvalue weighted by atomic mass is 9.86. The molecule has 0 unspecified atom stereocenters. The highest BCUT2D eigenvalue weighted by Crippen LogP contribution is 2.31. The molecule has 0 saturated carbocycles. The van der Waals surface area contributed by atoms with Gasteiger partial charge in [0.25, 0.3) is 0 Å². The maximum Gasteiger partial charge on any atom is 0.130 e. The number of hydrogen-bond donors (Lipinski definition) is 0. The van der Waals surface area contributed by atoms with Gasteiger partial charge in [-0.3, -0.25) is 0 Å². The minimum Gasteiger partial charge on any atom is -0.372 e. The van der Waals surface area contributed by atoms with Gasteiger partial charge < -0.3 is 19.6 Å². The molecular weight excluding hydrogens is 1630 g/mol. The number of allylic oxidation sites excluding steroid dienone is 2. The second-order valence-corrected chi connectivity index (χ2v) is 36.8. The van der Waals surface area contributed by atoms with Crippen LogP contribution in [0, 0.1) is 116 Å². The van der Waals surface area contributed by atoms with Gasteiger partial charge in [0.05, 0.1) is 33.4 Å². The van der Waals surface area contributed by atoms with Crippen molar-refractivity contribution in [2.45, 2.75) is 364 Å². The summed E-state index contributed by atoms with van der Waals surface area (Å²) in [5.74, 6) is 45.2. The monoisotopic (exact) mass is 1790 g/mol. The molecule has 7 aromatic rings. The number of nitriles is 4. The molecule has 0 saturated heterocycles. The van der Waals surface area contributed by atoms with Gasteiger partial charge in [-0.15, -0.1) is 0 Å². The minimum atomic E-state index is 0.00780. The molecule has 0 aliphatic carbocycles. The molecule has 0 aliphatic rings. The van der Waals surface area contributed by atoms with Crippen LogP contribution in [0.1, 0.15) is 441 Å². The lowest BCUT2D eigenvalue weighted by molar-refractivity contribution is 0.575. The average Bonchev–Trinajstić information content (AvgIpc) is 0.759. The van der Waals surface area contributed by atoms with Gasteiger partial charge in [-0.2, -0.15) is 21.0 Å². The van der Waals surface area contributed by atoms with Crippen LogP contribution in [0.4, 0.5) is 22.7 Å². The van der Waals surface area contributed by atoms with E-state index in [1.165, 1.54) is 280 Å². The molecule has 7 aromatic carbocycles. The van der Waals surface area contributed by atoms with Crippen LogP contribution in [-0.4, -0.2) is 52.4 Å². The average molecular weight is 1790 g/mol. The Bertz CT molecular complexity index is 4810. The molecule has 0 aliphatic heterocycles. The van der Waals surface area contributed by atoms with Crippen molar-refractivity contribution in [1.82, 2.24) is 0 Å². The van der Waals surface area contributed by atoms with Crippen LogP contribution in [0.2, 0.25) is 0 Å². The first-order valence-electron chi connectivity index (χ1n) is 53.1. The molecule has 706 valence electrons. The molecule has 0 spiro atoms. The van der Waals surface area contributed by atoms with Gasteiger partial charge in [0.1, 0.15) is 35.4 Å². The number of nitrogens with zero attached hydrogens (tertiary/aromatic N) is 8. The molecular formula is C126H162N8. The maximum absolute atomic E-state index is 9.87. The molecule has 0 atom stereocenters. The molecule has 0 bridgehead atoms. The van der Waals surface area contributed by atoms with E-state index in [4.69, 9.17) is 0 Å². The first-order chi connectivity index (χ1) is 66.0. The normalized spacial score (nSPS) is 10.5. The summed E-state index contributed by atoms with van der Waals surface area (Å²) in [7, 11) is 0. The zero-order valence-electron chi connectivity index (χ0n) is 84.2. The molecule has 0 fully saturated rings. The fourth-order valence-corrected chi connectivity index (χ4v) is 17.3. The van der Waals surface area contributed by atoms with E-state index >= 15 is 0 Å². The SMILES string of the molecule is CCCCCCCCN(CCCCCCCC)c1ccc(C#Cc2c(C#Cc3ccc(C=C(C#N)C#N)cc3)c(C#Cc3ccc(N(CCCCCCCC)CCCCCCCC)cc3)c(C#Cc3ccc(N(CCCCCCCC)CCCCCCCC)cc3)c(C#Cc3ccc(N(CCCCCCCC)CCCCCCCC)cc3)c2C#Cc2ccc(C=C(C#N)C#N)cc2)cc1. The topological polar surface area (TPSA) is 108 Å². The summed E-state index contributed by atoms with van der Waals surface area (Å²) in [5, 5.41) is 39.5. The lowest BCUT2D eigenvalue weighted by Crippen LogP contribution is -2.25. The van der Waals surface area contributed by atoms with E-state index in [9.17, 15) is 21.0 Å². The zero-order chi connectivity index (χ0) is 95.2. The number of benzene rings is 7. The van der Waals surface area contributed by atoms with Crippen LogP contribution in [-0.2, 0) is 0 Å². The summed E-state index contributed by atoms with van der Waals surface area (Å²) in [6.45, 7) is 26.4. The number of hydrogen-bond acceptors (Lipinski definition) is 8. The van der Waals surface area contributed by atoms with E-state index < -0.39 is 0 Å². The zero-order valence-corrected chi connectivity index (χ0v) is 84.2. The molecule has 8 heteroatoms. The van der Waals surface area contributed by atoms with Crippen LogP contribution in [0.25, 0.3) is 12.2 Å². The third kappa shape index (κ3) is 43.7. The fourth-order valence-electron chi connectivity index (χ4n) is 17.3. The Morgan fingerprint density at radius 3 is 0.455 bits per heavy atom. The predicted molar refractivity (Wildman–Crippen MR) is 575 cm³/mol. The fraction of sp³-hybridized carbons (Fsp3) is 0.508. The molecule has 0 radical (unpaired) electrons.